The van der Waals surface area contributed by atoms with E-state index in [9.17, 15) is 4.79 Å². The first-order valence-electron chi connectivity index (χ1n) is 5.37. The molecule has 0 spiro atoms. The number of hydrogen-bond donors (Lipinski definition) is 1. The van der Waals surface area contributed by atoms with Crippen LogP contribution >= 0.6 is 0 Å². The lowest BCUT2D eigenvalue weighted by atomic mass is 10.2. The molecule has 0 radical (unpaired) electrons. The van der Waals surface area contributed by atoms with Crippen molar-refractivity contribution in [2.45, 2.75) is 18.9 Å². The summed E-state index contributed by atoms with van der Waals surface area (Å²) in [6, 6.07) is 7.34. The molecule has 1 fully saturated rings. The molecule has 1 saturated heterocycles. The summed E-state index contributed by atoms with van der Waals surface area (Å²) < 4.78 is 10.5. The first-order valence-corrected chi connectivity index (χ1v) is 5.37. The third-order valence-electron chi connectivity index (χ3n) is 2.59. The molecule has 86 valence electrons. The van der Waals surface area contributed by atoms with Crippen LogP contribution < -0.4 is 10.1 Å². The Hall–Kier alpha value is -1.55. The summed E-state index contributed by atoms with van der Waals surface area (Å²) in [5.74, 6) is 0.566. The number of ether oxygens (including phenoxy) is 2. The summed E-state index contributed by atoms with van der Waals surface area (Å²) in [6.07, 6.45) is 1.43. The molecule has 1 aromatic rings. The number of nitrogens with one attached hydrogen (secondary N) is 1. The van der Waals surface area contributed by atoms with Crippen molar-refractivity contribution >= 4 is 11.6 Å². The van der Waals surface area contributed by atoms with Gasteiger partial charge >= 0.3 is 0 Å². The smallest absolute Gasteiger partial charge is 0.253 e. The number of carbonyl (C=O) groups excluding carboxylic acids is 1. The van der Waals surface area contributed by atoms with Gasteiger partial charge in [0.2, 0.25) is 0 Å². The van der Waals surface area contributed by atoms with Crippen LogP contribution in [0.5, 0.6) is 5.75 Å². The minimum atomic E-state index is -0.315. The van der Waals surface area contributed by atoms with E-state index in [0.717, 1.165) is 12.8 Å². The summed E-state index contributed by atoms with van der Waals surface area (Å²) in [6.45, 7) is 0.671. The SMILES string of the molecule is COc1ccccc1NC(=O)[C@@H]1CCCO1. The largest absolute Gasteiger partial charge is 0.495 e. The first-order chi connectivity index (χ1) is 7.81. The lowest BCUT2D eigenvalue weighted by Crippen LogP contribution is -2.27. The fourth-order valence-electron chi connectivity index (χ4n) is 1.75. The molecular weight excluding hydrogens is 206 g/mol. The molecule has 1 aromatic carbocycles. The number of benzene rings is 1. The fourth-order valence-corrected chi connectivity index (χ4v) is 1.75. The van der Waals surface area contributed by atoms with Gasteiger partial charge in [-0.3, -0.25) is 4.79 Å². The topological polar surface area (TPSA) is 47.6 Å². The molecule has 1 atom stereocenters. The molecule has 0 unspecified atom stereocenters. The van der Waals surface area contributed by atoms with Gasteiger partial charge in [0, 0.05) is 6.61 Å². The van der Waals surface area contributed by atoms with Gasteiger partial charge in [-0.1, -0.05) is 12.1 Å². The highest BCUT2D eigenvalue weighted by atomic mass is 16.5. The predicted octanol–water partition coefficient (Wildman–Crippen LogP) is 1.81. The Labute approximate surface area is 94.6 Å². The Bertz CT molecular complexity index is 372. The van der Waals surface area contributed by atoms with Crippen molar-refractivity contribution in [2.24, 2.45) is 0 Å². The molecule has 0 saturated carbocycles. The van der Waals surface area contributed by atoms with Crippen molar-refractivity contribution in [2.75, 3.05) is 19.0 Å². The highest BCUT2D eigenvalue weighted by Crippen LogP contribution is 2.24. The molecule has 4 nitrogen and oxygen atoms in total. The predicted molar refractivity (Wildman–Crippen MR) is 60.6 cm³/mol. The van der Waals surface area contributed by atoms with E-state index in [1.807, 2.05) is 24.3 Å². The maximum atomic E-state index is 11.8. The molecule has 1 amide bonds. The number of rotatable bonds is 3. The van der Waals surface area contributed by atoms with Crippen molar-refractivity contribution in [3.63, 3.8) is 0 Å². The number of para-hydroxylation sites is 2. The first kappa shape index (κ1) is 11.0. The van der Waals surface area contributed by atoms with E-state index in [-0.39, 0.29) is 12.0 Å². The van der Waals surface area contributed by atoms with Gasteiger partial charge in [0.05, 0.1) is 12.8 Å². The number of methoxy groups -OCH3 is 1. The Morgan fingerprint density at radius 1 is 1.50 bits per heavy atom. The van der Waals surface area contributed by atoms with Gasteiger partial charge in [-0.2, -0.15) is 0 Å². The van der Waals surface area contributed by atoms with Crippen molar-refractivity contribution in [3.8, 4) is 5.75 Å². The van der Waals surface area contributed by atoms with Gasteiger partial charge in [0.1, 0.15) is 11.9 Å². The molecule has 1 aliphatic rings. The molecule has 1 N–H and O–H groups in total. The van der Waals surface area contributed by atoms with Crippen molar-refractivity contribution in [1.82, 2.24) is 0 Å². The molecule has 1 heterocycles. The molecule has 1 aliphatic heterocycles. The monoisotopic (exact) mass is 221 g/mol. The van der Waals surface area contributed by atoms with E-state index >= 15 is 0 Å². The molecule has 0 bridgehead atoms. The minimum Gasteiger partial charge on any atom is -0.495 e. The Morgan fingerprint density at radius 2 is 2.31 bits per heavy atom. The van der Waals surface area contributed by atoms with Gasteiger partial charge in [-0.15, -0.1) is 0 Å². The van der Waals surface area contributed by atoms with Gasteiger partial charge in [0.15, 0.2) is 0 Å². The van der Waals surface area contributed by atoms with Crippen LogP contribution in [0.4, 0.5) is 5.69 Å². The van der Waals surface area contributed by atoms with Crippen LogP contribution in [0.2, 0.25) is 0 Å². The molecule has 2 rings (SSSR count). The molecule has 0 aromatic heterocycles. The van der Waals surface area contributed by atoms with Crippen LogP contribution in [0.15, 0.2) is 24.3 Å². The van der Waals surface area contributed by atoms with E-state index in [2.05, 4.69) is 5.32 Å². The summed E-state index contributed by atoms with van der Waals surface area (Å²) in [4.78, 5) is 11.8. The maximum Gasteiger partial charge on any atom is 0.253 e. The van der Waals surface area contributed by atoms with Crippen molar-refractivity contribution < 1.29 is 14.3 Å². The van der Waals surface area contributed by atoms with Crippen LogP contribution in [-0.2, 0) is 9.53 Å². The molecule has 0 aliphatic carbocycles. The fraction of sp³-hybridized carbons (Fsp3) is 0.417. The van der Waals surface area contributed by atoms with E-state index in [1.54, 1.807) is 7.11 Å². The highest BCUT2D eigenvalue weighted by Gasteiger charge is 2.24. The zero-order valence-corrected chi connectivity index (χ0v) is 9.23. The molecular formula is C12H15NO3. The quantitative estimate of drug-likeness (QED) is 0.846. The Morgan fingerprint density at radius 3 is 3.00 bits per heavy atom. The van der Waals surface area contributed by atoms with Gasteiger partial charge in [-0.25, -0.2) is 0 Å². The Balaban J connectivity index is 2.05. The summed E-state index contributed by atoms with van der Waals surface area (Å²) >= 11 is 0. The normalized spacial score (nSPS) is 19.4. The van der Waals surface area contributed by atoms with Gasteiger partial charge in [0.25, 0.3) is 5.91 Å². The van der Waals surface area contributed by atoms with E-state index in [0.29, 0.717) is 18.0 Å². The summed E-state index contributed by atoms with van der Waals surface area (Å²) in [5.41, 5.74) is 0.686. The molecule has 4 heteroatoms. The van der Waals surface area contributed by atoms with E-state index in [1.165, 1.54) is 0 Å². The van der Waals surface area contributed by atoms with E-state index < -0.39 is 0 Å². The van der Waals surface area contributed by atoms with Crippen molar-refractivity contribution in [3.05, 3.63) is 24.3 Å². The van der Waals surface area contributed by atoms with Gasteiger partial charge in [-0.05, 0) is 25.0 Å². The second kappa shape index (κ2) is 4.99. The average Bonchev–Trinajstić information content (AvgIpc) is 2.83. The zero-order chi connectivity index (χ0) is 11.4. The van der Waals surface area contributed by atoms with Crippen LogP contribution in [0.25, 0.3) is 0 Å². The van der Waals surface area contributed by atoms with Crippen molar-refractivity contribution in [1.29, 1.82) is 0 Å². The number of carbonyl (C=O) groups is 1. The number of anilines is 1. The van der Waals surface area contributed by atoms with E-state index in [4.69, 9.17) is 9.47 Å². The summed E-state index contributed by atoms with van der Waals surface area (Å²) in [5, 5.41) is 2.81. The second-order valence-electron chi connectivity index (χ2n) is 3.69. The van der Waals surface area contributed by atoms with Crippen LogP contribution in [0, 0.1) is 0 Å². The zero-order valence-electron chi connectivity index (χ0n) is 9.23. The van der Waals surface area contributed by atoms with Crippen LogP contribution in [0.1, 0.15) is 12.8 Å². The Kier molecular flexibility index (Phi) is 3.41. The van der Waals surface area contributed by atoms with Crippen LogP contribution in [0.3, 0.4) is 0 Å². The van der Waals surface area contributed by atoms with Gasteiger partial charge < -0.3 is 14.8 Å². The maximum absolute atomic E-state index is 11.8. The van der Waals surface area contributed by atoms with Crippen LogP contribution in [-0.4, -0.2) is 25.7 Å². The summed E-state index contributed by atoms with van der Waals surface area (Å²) in [7, 11) is 1.58. The second-order valence-corrected chi connectivity index (χ2v) is 3.69. The lowest BCUT2D eigenvalue weighted by molar-refractivity contribution is -0.124. The third-order valence-corrected chi connectivity index (χ3v) is 2.59. The standard InChI is InChI=1S/C12H15NO3/c1-15-10-6-3-2-5-9(10)13-12(14)11-7-4-8-16-11/h2-3,5-6,11H,4,7-8H2,1H3,(H,13,14)/t11-/m0/s1. The molecule has 16 heavy (non-hydrogen) atoms. The minimum absolute atomic E-state index is 0.0954. The number of hydrogen-bond acceptors (Lipinski definition) is 3. The third kappa shape index (κ3) is 2.33. The lowest BCUT2D eigenvalue weighted by Gasteiger charge is -2.12. The number of amides is 1. The highest BCUT2D eigenvalue weighted by molar-refractivity contribution is 5.95. The average molecular weight is 221 g/mol.